The highest BCUT2D eigenvalue weighted by Crippen LogP contribution is 2.08. The van der Waals surface area contributed by atoms with Gasteiger partial charge in [-0.2, -0.15) is 0 Å². The molecule has 0 aliphatic heterocycles. The van der Waals surface area contributed by atoms with Crippen LogP contribution in [0.1, 0.15) is 15.9 Å². The number of hydrogen-bond donors (Lipinski definition) is 1. The van der Waals surface area contributed by atoms with Crippen molar-refractivity contribution < 1.29 is 14.6 Å². The molecule has 23 heavy (non-hydrogen) atoms. The zero-order valence-corrected chi connectivity index (χ0v) is 13.2. The molecular formula is C17H20N2O4. The molecular weight excluding hydrogens is 296 g/mol. The van der Waals surface area contributed by atoms with E-state index >= 15 is 0 Å². The number of hydrogen-bond acceptors (Lipinski definition) is 4. The van der Waals surface area contributed by atoms with Crippen LogP contribution in [0.4, 0.5) is 0 Å². The fourth-order valence-corrected chi connectivity index (χ4v) is 2.04. The average molecular weight is 316 g/mol. The van der Waals surface area contributed by atoms with Crippen LogP contribution in [-0.2, 0) is 6.54 Å². The maximum absolute atomic E-state index is 12.4. The second kappa shape index (κ2) is 7.60. The van der Waals surface area contributed by atoms with Crippen LogP contribution in [-0.4, -0.2) is 47.8 Å². The van der Waals surface area contributed by atoms with Crippen LogP contribution in [0.15, 0.2) is 47.4 Å². The van der Waals surface area contributed by atoms with Gasteiger partial charge in [-0.3, -0.25) is 4.79 Å². The molecule has 0 spiro atoms. The first-order valence-electron chi connectivity index (χ1n) is 7.26. The quantitative estimate of drug-likeness (QED) is 0.839. The van der Waals surface area contributed by atoms with Gasteiger partial charge in [0.15, 0.2) is 5.75 Å². The van der Waals surface area contributed by atoms with E-state index in [1.165, 1.54) is 12.1 Å². The van der Waals surface area contributed by atoms with Crippen molar-refractivity contribution in [2.75, 3.05) is 27.2 Å². The number of pyridine rings is 1. The van der Waals surface area contributed by atoms with Crippen molar-refractivity contribution in [1.29, 1.82) is 0 Å². The predicted octanol–water partition coefficient (Wildman–Crippen LogP) is 1.54. The molecule has 6 heteroatoms. The summed E-state index contributed by atoms with van der Waals surface area (Å²) in [6, 6.07) is 9.88. The van der Waals surface area contributed by atoms with Crippen LogP contribution in [0.2, 0.25) is 0 Å². The van der Waals surface area contributed by atoms with Gasteiger partial charge >= 0.3 is 5.97 Å². The van der Waals surface area contributed by atoms with Crippen LogP contribution >= 0.6 is 0 Å². The van der Waals surface area contributed by atoms with Gasteiger partial charge in [0.25, 0.3) is 5.56 Å². The number of aromatic carboxylic acids is 1. The van der Waals surface area contributed by atoms with E-state index < -0.39 is 5.97 Å². The Morgan fingerprint density at radius 3 is 2.52 bits per heavy atom. The number of rotatable bonds is 7. The van der Waals surface area contributed by atoms with Crippen LogP contribution in [0.25, 0.3) is 0 Å². The third-order valence-corrected chi connectivity index (χ3v) is 3.34. The van der Waals surface area contributed by atoms with Gasteiger partial charge in [0, 0.05) is 12.7 Å². The largest absolute Gasteiger partial charge is 0.487 e. The molecule has 1 heterocycles. The van der Waals surface area contributed by atoms with Gasteiger partial charge in [0.1, 0.15) is 6.61 Å². The Morgan fingerprint density at radius 1 is 1.22 bits per heavy atom. The van der Waals surface area contributed by atoms with Gasteiger partial charge in [0.2, 0.25) is 0 Å². The summed E-state index contributed by atoms with van der Waals surface area (Å²) < 4.78 is 7.07. The molecule has 0 radical (unpaired) electrons. The van der Waals surface area contributed by atoms with Crippen LogP contribution < -0.4 is 10.3 Å². The molecule has 0 saturated carbocycles. The first-order valence-corrected chi connectivity index (χ1v) is 7.26. The first kappa shape index (κ1) is 16.8. The lowest BCUT2D eigenvalue weighted by atomic mass is 10.1. The van der Waals surface area contributed by atoms with Gasteiger partial charge in [-0.05, 0) is 43.9 Å². The zero-order valence-electron chi connectivity index (χ0n) is 13.2. The van der Waals surface area contributed by atoms with Crippen molar-refractivity contribution in [3.63, 3.8) is 0 Å². The maximum atomic E-state index is 12.4. The van der Waals surface area contributed by atoms with E-state index in [-0.39, 0.29) is 11.1 Å². The second-order valence-electron chi connectivity index (χ2n) is 5.46. The molecule has 0 atom stereocenters. The lowest BCUT2D eigenvalue weighted by Gasteiger charge is -2.12. The Kier molecular flexibility index (Phi) is 5.54. The maximum Gasteiger partial charge on any atom is 0.335 e. The van der Waals surface area contributed by atoms with Crippen molar-refractivity contribution in [2.45, 2.75) is 6.54 Å². The summed E-state index contributed by atoms with van der Waals surface area (Å²) >= 11 is 0. The topological polar surface area (TPSA) is 71.8 Å². The molecule has 122 valence electrons. The monoisotopic (exact) mass is 316 g/mol. The molecule has 6 nitrogen and oxygen atoms in total. The van der Waals surface area contributed by atoms with E-state index in [9.17, 15) is 9.59 Å². The second-order valence-corrected chi connectivity index (χ2v) is 5.46. The summed E-state index contributed by atoms with van der Waals surface area (Å²) in [7, 11) is 3.88. The molecule has 1 N–H and O–H groups in total. The van der Waals surface area contributed by atoms with Crippen molar-refractivity contribution in [3.8, 4) is 5.75 Å². The number of carbonyl (C=O) groups is 1. The summed E-state index contributed by atoms with van der Waals surface area (Å²) in [6.45, 7) is 1.54. The third-order valence-electron chi connectivity index (χ3n) is 3.34. The average Bonchev–Trinajstić information content (AvgIpc) is 2.51. The lowest BCUT2D eigenvalue weighted by molar-refractivity contribution is 0.0697. The number of benzene rings is 1. The molecule has 0 bridgehead atoms. The number of likely N-dealkylation sites (N-methyl/N-ethyl adjacent to an activating group) is 1. The molecule has 2 aromatic rings. The van der Waals surface area contributed by atoms with E-state index in [1.54, 1.807) is 35.0 Å². The fourth-order valence-electron chi connectivity index (χ4n) is 2.04. The van der Waals surface area contributed by atoms with Crippen LogP contribution in [0.3, 0.4) is 0 Å². The predicted molar refractivity (Wildman–Crippen MR) is 87.3 cm³/mol. The normalized spacial score (nSPS) is 10.7. The van der Waals surface area contributed by atoms with Gasteiger partial charge in [-0.15, -0.1) is 0 Å². The number of aromatic nitrogens is 1. The summed E-state index contributed by atoms with van der Waals surface area (Å²) in [4.78, 5) is 25.2. The highest BCUT2D eigenvalue weighted by atomic mass is 16.5. The Bertz CT molecular complexity index is 720. The standard InChI is InChI=1S/C17H20N2O4/c1-18(2)10-11-23-15-4-3-9-19(16(15)20)12-13-5-7-14(8-6-13)17(21)22/h3-9H,10-12H2,1-2H3,(H,21,22). The van der Waals surface area contributed by atoms with Gasteiger partial charge in [0.05, 0.1) is 12.1 Å². The van der Waals surface area contributed by atoms with Crippen LogP contribution in [0, 0.1) is 0 Å². The van der Waals surface area contributed by atoms with Crippen molar-refractivity contribution in [2.24, 2.45) is 0 Å². The minimum absolute atomic E-state index is 0.200. The zero-order chi connectivity index (χ0) is 16.8. The number of carboxylic acid groups (broad SMARTS) is 1. The number of ether oxygens (including phenoxy) is 1. The molecule has 0 fully saturated rings. The highest BCUT2D eigenvalue weighted by molar-refractivity contribution is 5.87. The minimum atomic E-state index is -0.968. The van der Waals surface area contributed by atoms with E-state index in [0.29, 0.717) is 18.9 Å². The number of nitrogens with zero attached hydrogens (tertiary/aromatic N) is 2. The molecule has 1 aromatic heterocycles. The highest BCUT2D eigenvalue weighted by Gasteiger charge is 2.06. The Morgan fingerprint density at radius 2 is 1.91 bits per heavy atom. The van der Waals surface area contributed by atoms with E-state index in [2.05, 4.69) is 0 Å². The summed E-state index contributed by atoms with van der Waals surface area (Å²) in [5, 5.41) is 8.89. The molecule has 0 aliphatic carbocycles. The van der Waals surface area contributed by atoms with Crippen LogP contribution in [0.5, 0.6) is 5.75 Å². The molecule has 1 aromatic carbocycles. The lowest BCUT2D eigenvalue weighted by Crippen LogP contribution is -2.25. The minimum Gasteiger partial charge on any atom is -0.487 e. The Labute approximate surface area is 134 Å². The third kappa shape index (κ3) is 4.69. The first-order chi connectivity index (χ1) is 11.0. The van der Waals surface area contributed by atoms with Gasteiger partial charge in [-0.1, -0.05) is 12.1 Å². The fraction of sp³-hybridized carbons (Fsp3) is 0.294. The molecule has 0 aliphatic rings. The molecule has 0 unspecified atom stereocenters. The van der Waals surface area contributed by atoms with E-state index in [1.807, 2.05) is 19.0 Å². The smallest absolute Gasteiger partial charge is 0.335 e. The Balaban J connectivity index is 2.11. The summed E-state index contributed by atoms with van der Waals surface area (Å²) in [5.74, 6) is -0.651. The number of carboxylic acids is 1. The van der Waals surface area contributed by atoms with Crippen molar-refractivity contribution >= 4 is 5.97 Å². The summed E-state index contributed by atoms with van der Waals surface area (Å²) in [6.07, 6.45) is 1.69. The van der Waals surface area contributed by atoms with Gasteiger partial charge < -0.3 is 19.3 Å². The molecule has 2 rings (SSSR count). The molecule has 0 saturated heterocycles. The van der Waals surface area contributed by atoms with E-state index in [4.69, 9.17) is 9.84 Å². The molecule has 0 amide bonds. The van der Waals surface area contributed by atoms with Gasteiger partial charge in [-0.25, -0.2) is 4.79 Å². The Hall–Kier alpha value is -2.60. The SMILES string of the molecule is CN(C)CCOc1cccn(Cc2ccc(C(=O)O)cc2)c1=O. The van der Waals surface area contributed by atoms with E-state index in [0.717, 1.165) is 12.1 Å². The van der Waals surface area contributed by atoms with Crippen molar-refractivity contribution in [3.05, 3.63) is 64.1 Å². The summed E-state index contributed by atoms with van der Waals surface area (Å²) in [5.41, 5.74) is 0.873. The van der Waals surface area contributed by atoms with Crippen molar-refractivity contribution in [1.82, 2.24) is 9.47 Å².